The maximum Gasteiger partial charge on any atom is 0.379 e. The van der Waals surface area contributed by atoms with Crippen molar-refractivity contribution >= 4 is 16.9 Å². The minimum absolute atomic E-state index is 0.0442. The lowest BCUT2D eigenvalue weighted by atomic mass is 9.83. The van der Waals surface area contributed by atoms with Crippen LogP contribution in [0, 0.1) is 32.1 Å². The maximum absolute atomic E-state index is 13.1. The molecule has 192 valence electrons. The zero-order chi connectivity index (χ0) is 27.1. The molecule has 0 amide bonds. The molecular weight excluding hydrogens is 484 g/mol. The molecule has 0 spiro atoms. The van der Waals surface area contributed by atoms with Gasteiger partial charge in [-0.05, 0) is 56.2 Å². The van der Waals surface area contributed by atoms with Crippen molar-refractivity contribution in [1.82, 2.24) is 0 Å². The van der Waals surface area contributed by atoms with E-state index in [0.717, 1.165) is 16.5 Å². The Labute approximate surface area is 219 Å². The maximum atomic E-state index is 13.1. The number of allylic oxidation sites excluding steroid dienone is 1. The van der Waals surface area contributed by atoms with E-state index in [1.54, 1.807) is 31.4 Å². The molecule has 4 aromatic rings. The van der Waals surface area contributed by atoms with Gasteiger partial charge in [0.25, 0.3) is 0 Å². The zero-order valence-corrected chi connectivity index (χ0v) is 21.7. The average Bonchev–Trinajstić information content (AvgIpc) is 3.22. The molecule has 8 heteroatoms. The van der Waals surface area contributed by atoms with Gasteiger partial charge in [0.2, 0.25) is 11.6 Å². The van der Waals surface area contributed by atoms with Gasteiger partial charge in [0, 0.05) is 28.1 Å². The fraction of sp³-hybridized carbons (Fsp3) is 0.200. The monoisotopic (exact) mass is 510 g/mol. The fourth-order valence-electron chi connectivity index (χ4n) is 4.78. The van der Waals surface area contributed by atoms with E-state index < -0.39 is 11.9 Å². The number of hydrogen-bond acceptors (Lipinski definition) is 8. The van der Waals surface area contributed by atoms with Crippen molar-refractivity contribution in [3.8, 4) is 29.1 Å². The second-order valence-electron chi connectivity index (χ2n) is 9.09. The second kappa shape index (κ2) is 9.52. The lowest BCUT2D eigenvalue weighted by molar-refractivity contribution is 0.0702. The first-order valence-electron chi connectivity index (χ1n) is 11.9. The van der Waals surface area contributed by atoms with Crippen molar-refractivity contribution in [2.75, 3.05) is 14.2 Å². The van der Waals surface area contributed by atoms with Crippen LogP contribution in [0.15, 0.2) is 64.4 Å². The van der Waals surface area contributed by atoms with Gasteiger partial charge < -0.3 is 29.1 Å². The van der Waals surface area contributed by atoms with E-state index in [-0.39, 0.29) is 23.0 Å². The molecule has 0 radical (unpaired) electrons. The molecule has 0 saturated carbocycles. The van der Waals surface area contributed by atoms with Gasteiger partial charge in [0.1, 0.15) is 28.7 Å². The van der Waals surface area contributed by atoms with Gasteiger partial charge in [-0.25, -0.2) is 4.79 Å². The number of aryl methyl sites for hydroxylation is 3. The molecule has 38 heavy (non-hydrogen) atoms. The smallest absolute Gasteiger partial charge is 0.379 e. The number of benzene rings is 3. The Balaban J connectivity index is 1.53. The molecule has 1 atom stereocenters. The van der Waals surface area contributed by atoms with Crippen LogP contribution in [0.2, 0.25) is 0 Å². The summed E-state index contributed by atoms with van der Waals surface area (Å²) in [6.45, 7) is 5.83. The van der Waals surface area contributed by atoms with Crippen LogP contribution in [0.25, 0.3) is 11.0 Å². The summed E-state index contributed by atoms with van der Waals surface area (Å²) < 4.78 is 28.4. The van der Waals surface area contributed by atoms with E-state index in [2.05, 4.69) is 6.07 Å². The molecule has 0 aliphatic carbocycles. The Kier molecular flexibility index (Phi) is 6.21. The highest BCUT2D eigenvalue weighted by Crippen LogP contribution is 2.48. The first-order chi connectivity index (χ1) is 18.3. The number of carbonyl (C=O) groups is 1. The quantitative estimate of drug-likeness (QED) is 0.264. The van der Waals surface area contributed by atoms with Crippen LogP contribution in [0.5, 0.6) is 23.0 Å². The summed E-state index contributed by atoms with van der Waals surface area (Å²) >= 11 is 0. The number of ether oxygens (including phenoxy) is 4. The third-order valence-electron chi connectivity index (χ3n) is 6.88. The van der Waals surface area contributed by atoms with Crippen LogP contribution in [0.4, 0.5) is 0 Å². The van der Waals surface area contributed by atoms with E-state index in [1.807, 2.05) is 45.0 Å². The number of nitrogens with two attached hydrogens (primary N) is 1. The van der Waals surface area contributed by atoms with Crippen molar-refractivity contribution in [3.63, 3.8) is 0 Å². The number of para-hydroxylation sites is 1. The van der Waals surface area contributed by atoms with Gasteiger partial charge in [-0.3, -0.25) is 0 Å². The Bertz CT molecular complexity index is 1670. The lowest BCUT2D eigenvalue weighted by Crippen LogP contribution is -2.21. The number of rotatable bonds is 5. The van der Waals surface area contributed by atoms with Crippen molar-refractivity contribution in [3.05, 3.63) is 93.6 Å². The van der Waals surface area contributed by atoms with Crippen molar-refractivity contribution in [1.29, 1.82) is 5.26 Å². The number of nitrogens with zero attached hydrogens (tertiary/aromatic N) is 1. The summed E-state index contributed by atoms with van der Waals surface area (Å²) in [4.78, 5) is 13.1. The molecule has 1 unspecified atom stereocenters. The minimum Gasteiger partial charge on any atom is -0.493 e. The fourth-order valence-corrected chi connectivity index (χ4v) is 4.78. The topological polar surface area (TPSA) is 117 Å². The molecule has 8 nitrogen and oxygen atoms in total. The third kappa shape index (κ3) is 3.98. The van der Waals surface area contributed by atoms with Crippen LogP contribution in [0.3, 0.4) is 0 Å². The van der Waals surface area contributed by atoms with Crippen molar-refractivity contribution in [2.24, 2.45) is 5.73 Å². The summed E-state index contributed by atoms with van der Waals surface area (Å²) in [7, 11) is 3.08. The van der Waals surface area contributed by atoms with E-state index >= 15 is 0 Å². The Hall–Kier alpha value is -4.90. The van der Waals surface area contributed by atoms with Crippen LogP contribution >= 0.6 is 0 Å². The van der Waals surface area contributed by atoms with Gasteiger partial charge in [-0.15, -0.1) is 0 Å². The van der Waals surface area contributed by atoms with E-state index in [0.29, 0.717) is 39.5 Å². The zero-order valence-electron chi connectivity index (χ0n) is 21.7. The first-order valence-corrected chi connectivity index (χ1v) is 11.9. The molecule has 1 aliphatic rings. The second-order valence-corrected chi connectivity index (χ2v) is 9.09. The summed E-state index contributed by atoms with van der Waals surface area (Å²) in [6, 6.07) is 16.5. The number of methoxy groups -OCH3 is 2. The van der Waals surface area contributed by atoms with Gasteiger partial charge in [0.15, 0.2) is 11.5 Å². The van der Waals surface area contributed by atoms with E-state index in [1.165, 1.54) is 7.11 Å². The molecule has 2 heterocycles. The number of carbonyl (C=O) groups excluding carboxylic acids is 1. The normalized spacial score (nSPS) is 14.5. The molecule has 5 rings (SSSR count). The standard InChI is InChI=1S/C30H26N2O6/c1-15-11-21-17(3)27(37-24(21)12-16(15)2)30(33)36-18-9-10-19-25(13-18)38-29(32)22(14-31)26(19)20-7-6-8-23(34-4)28(20)35-5/h6-13,26H,32H2,1-5H3. The van der Waals surface area contributed by atoms with Gasteiger partial charge in [-0.2, -0.15) is 5.26 Å². The summed E-state index contributed by atoms with van der Waals surface area (Å²) in [5.74, 6) is 0.478. The molecule has 1 aliphatic heterocycles. The predicted molar refractivity (Wildman–Crippen MR) is 141 cm³/mol. The number of esters is 1. The number of nitriles is 1. The van der Waals surface area contributed by atoms with Gasteiger partial charge >= 0.3 is 5.97 Å². The van der Waals surface area contributed by atoms with Crippen molar-refractivity contribution in [2.45, 2.75) is 26.7 Å². The predicted octanol–water partition coefficient (Wildman–Crippen LogP) is 5.81. The van der Waals surface area contributed by atoms with Crippen LogP contribution in [-0.2, 0) is 0 Å². The summed E-state index contributed by atoms with van der Waals surface area (Å²) in [5.41, 5.74) is 11.3. The Morgan fingerprint density at radius 2 is 1.76 bits per heavy atom. The summed E-state index contributed by atoms with van der Waals surface area (Å²) in [5, 5.41) is 10.8. The highest BCUT2D eigenvalue weighted by molar-refractivity contribution is 5.97. The molecule has 1 aromatic heterocycles. The highest BCUT2D eigenvalue weighted by Gasteiger charge is 2.34. The van der Waals surface area contributed by atoms with Crippen LogP contribution < -0.4 is 24.7 Å². The third-order valence-corrected chi connectivity index (χ3v) is 6.88. The molecule has 2 N–H and O–H groups in total. The number of hydrogen-bond donors (Lipinski definition) is 1. The number of furan rings is 1. The average molecular weight is 511 g/mol. The van der Waals surface area contributed by atoms with E-state index in [9.17, 15) is 10.1 Å². The Morgan fingerprint density at radius 3 is 2.47 bits per heavy atom. The first kappa shape index (κ1) is 24.8. The highest BCUT2D eigenvalue weighted by atomic mass is 16.5. The Morgan fingerprint density at radius 1 is 1.00 bits per heavy atom. The van der Waals surface area contributed by atoms with E-state index in [4.69, 9.17) is 29.1 Å². The SMILES string of the molecule is COc1cccc(C2C(C#N)=C(N)Oc3cc(OC(=O)c4oc5cc(C)c(C)cc5c4C)ccc32)c1OC. The number of fused-ring (bicyclic) bond motifs is 2. The van der Waals surface area contributed by atoms with Crippen LogP contribution in [-0.4, -0.2) is 20.2 Å². The minimum atomic E-state index is -0.628. The largest absolute Gasteiger partial charge is 0.493 e. The lowest BCUT2D eigenvalue weighted by Gasteiger charge is -2.28. The van der Waals surface area contributed by atoms with Gasteiger partial charge in [-0.1, -0.05) is 18.2 Å². The van der Waals surface area contributed by atoms with Gasteiger partial charge in [0.05, 0.1) is 20.1 Å². The summed E-state index contributed by atoms with van der Waals surface area (Å²) in [6.07, 6.45) is 0. The molecular formula is C30H26N2O6. The molecule has 0 fully saturated rings. The molecule has 0 bridgehead atoms. The van der Waals surface area contributed by atoms with Crippen LogP contribution in [0.1, 0.15) is 44.3 Å². The molecule has 3 aromatic carbocycles. The van der Waals surface area contributed by atoms with Crippen molar-refractivity contribution < 1.29 is 28.2 Å². The molecule has 0 saturated heterocycles.